The molecule has 1 N–H and O–H groups in total. The average Bonchev–Trinajstić information content (AvgIpc) is 3.09. The number of rotatable bonds is 4. The lowest BCUT2D eigenvalue weighted by atomic mass is 9.97. The van der Waals surface area contributed by atoms with Crippen LogP contribution in [0.15, 0.2) is 60.9 Å². The molecule has 0 aliphatic heterocycles. The Morgan fingerprint density at radius 2 is 1.92 bits per heavy atom. The molecule has 0 amide bonds. The lowest BCUT2D eigenvalue weighted by Crippen LogP contribution is -1.96. The summed E-state index contributed by atoms with van der Waals surface area (Å²) >= 11 is 0. The summed E-state index contributed by atoms with van der Waals surface area (Å²) in [5, 5.41) is 8.18. The van der Waals surface area contributed by atoms with E-state index >= 15 is 0 Å². The van der Waals surface area contributed by atoms with Gasteiger partial charge in [-0.3, -0.25) is 10.1 Å². The van der Waals surface area contributed by atoms with Crippen molar-refractivity contribution in [1.82, 2.24) is 15.2 Å². The highest BCUT2D eigenvalue weighted by atomic mass is 16.5. The van der Waals surface area contributed by atoms with Crippen LogP contribution in [0.2, 0.25) is 0 Å². The van der Waals surface area contributed by atoms with Crippen molar-refractivity contribution in [3.63, 3.8) is 0 Å². The third-order valence-electron chi connectivity index (χ3n) is 4.22. The van der Waals surface area contributed by atoms with Crippen molar-refractivity contribution in [1.29, 1.82) is 0 Å². The number of H-pyrrole nitrogens is 1. The number of aromatic amines is 1. The lowest BCUT2D eigenvalue weighted by Gasteiger charge is -2.12. The minimum Gasteiger partial charge on any atom is -0.492 e. The van der Waals surface area contributed by atoms with E-state index in [1.807, 2.05) is 19.2 Å². The minimum absolute atomic E-state index is 0.617. The van der Waals surface area contributed by atoms with Gasteiger partial charge < -0.3 is 4.74 Å². The lowest BCUT2D eigenvalue weighted by molar-refractivity contribution is 0.339. The Kier molecular flexibility index (Phi) is 3.94. The van der Waals surface area contributed by atoms with Gasteiger partial charge >= 0.3 is 0 Å². The highest BCUT2D eigenvalue weighted by Crippen LogP contribution is 2.34. The summed E-state index contributed by atoms with van der Waals surface area (Å²) < 4.78 is 5.67. The Balaban J connectivity index is 1.92. The number of pyridine rings is 1. The summed E-state index contributed by atoms with van der Waals surface area (Å²) in [6.45, 7) is 4.69. The molecule has 0 bridgehead atoms. The summed E-state index contributed by atoms with van der Waals surface area (Å²) in [7, 11) is 0. The predicted molar refractivity (Wildman–Crippen MR) is 101 cm³/mol. The third-order valence-corrected chi connectivity index (χ3v) is 4.22. The molecule has 0 saturated carbocycles. The molecule has 2 aromatic carbocycles. The normalized spacial score (nSPS) is 11.0. The first-order valence-corrected chi connectivity index (χ1v) is 8.38. The molecular weight excluding hydrogens is 310 g/mol. The molecule has 0 radical (unpaired) electrons. The smallest absolute Gasteiger partial charge is 0.138 e. The maximum atomic E-state index is 5.67. The van der Waals surface area contributed by atoms with Gasteiger partial charge in [0.15, 0.2) is 0 Å². The van der Waals surface area contributed by atoms with Gasteiger partial charge in [0.2, 0.25) is 0 Å². The van der Waals surface area contributed by atoms with E-state index in [2.05, 4.69) is 59.6 Å². The molecule has 0 aliphatic carbocycles. The first-order valence-electron chi connectivity index (χ1n) is 8.38. The largest absolute Gasteiger partial charge is 0.492 e. The molecule has 4 rings (SSSR count). The van der Waals surface area contributed by atoms with E-state index in [1.165, 1.54) is 5.56 Å². The second kappa shape index (κ2) is 6.40. The molecule has 4 nitrogen and oxygen atoms in total. The minimum atomic E-state index is 0.617. The molecule has 2 aromatic heterocycles. The Bertz CT molecular complexity index is 1040. The van der Waals surface area contributed by atoms with Crippen molar-refractivity contribution in [2.75, 3.05) is 6.61 Å². The van der Waals surface area contributed by atoms with Crippen molar-refractivity contribution < 1.29 is 4.74 Å². The van der Waals surface area contributed by atoms with Crippen molar-refractivity contribution >= 4 is 10.9 Å². The average molecular weight is 329 g/mol. The van der Waals surface area contributed by atoms with Crippen molar-refractivity contribution in [2.45, 2.75) is 13.8 Å². The van der Waals surface area contributed by atoms with Gasteiger partial charge in [0.1, 0.15) is 5.75 Å². The van der Waals surface area contributed by atoms with E-state index in [-0.39, 0.29) is 0 Å². The molecule has 0 atom stereocenters. The van der Waals surface area contributed by atoms with Crippen LogP contribution in [0.25, 0.3) is 33.3 Å². The number of hydrogen-bond acceptors (Lipinski definition) is 3. The molecule has 0 unspecified atom stereocenters. The molecule has 0 aliphatic rings. The highest BCUT2D eigenvalue weighted by Gasteiger charge is 2.12. The van der Waals surface area contributed by atoms with Gasteiger partial charge in [0, 0.05) is 16.5 Å². The summed E-state index contributed by atoms with van der Waals surface area (Å²) in [6.07, 6.45) is 3.63. The molecule has 4 heteroatoms. The number of ether oxygens (including phenoxy) is 1. The second-order valence-electron chi connectivity index (χ2n) is 6.04. The summed E-state index contributed by atoms with van der Waals surface area (Å²) in [4.78, 5) is 4.70. The first kappa shape index (κ1) is 15.4. The van der Waals surface area contributed by atoms with Crippen LogP contribution < -0.4 is 4.74 Å². The number of fused-ring (bicyclic) bond motifs is 1. The molecule has 0 fully saturated rings. The van der Waals surface area contributed by atoms with Crippen LogP contribution in [0.3, 0.4) is 0 Å². The fourth-order valence-electron chi connectivity index (χ4n) is 3.04. The SMILES string of the molecule is CCOc1cnc(-c2cccc(C)c2)c(-c2ccc3[nH]ncc3c2)c1. The zero-order valence-electron chi connectivity index (χ0n) is 14.3. The van der Waals surface area contributed by atoms with Crippen LogP contribution in [-0.2, 0) is 0 Å². The number of aryl methyl sites for hydroxylation is 1. The molecule has 124 valence electrons. The fourth-order valence-corrected chi connectivity index (χ4v) is 3.04. The predicted octanol–water partition coefficient (Wildman–Crippen LogP) is 5.00. The second-order valence-corrected chi connectivity index (χ2v) is 6.04. The maximum absolute atomic E-state index is 5.67. The molecule has 0 spiro atoms. The number of aromatic nitrogens is 3. The van der Waals surface area contributed by atoms with Gasteiger partial charge in [-0.1, -0.05) is 29.8 Å². The summed E-state index contributed by atoms with van der Waals surface area (Å²) in [5.74, 6) is 0.779. The van der Waals surface area contributed by atoms with Crippen LogP contribution >= 0.6 is 0 Å². The Hall–Kier alpha value is -3.14. The standard InChI is InChI=1S/C21H19N3O/c1-3-25-18-11-19(15-7-8-20-17(10-15)12-23-24-20)21(22-13-18)16-6-4-5-14(2)9-16/h4-13H,3H2,1-2H3,(H,23,24). The van der Waals surface area contributed by atoms with Crippen LogP contribution in [0.1, 0.15) is 12.5 Å². The Morgan fingerprint density at radius 3 is 2.76 bits per heavy atom. The molecule has 4 aromatic rings. The van der Waals surface area contributed by atoms with Crippen molar-refractivity contribution in [3.05, 3.63) is 66.5 Å². The van der Waals surface area contributed by atoms with Gasteiger partial charge in [0.05, 0.1) is 30.2 Å². The van der Waals surface area contributed by atoms with Gasteiger partial charge in [0.25, 0.3) is 0 Å². The first-order chi connectivity index (χ1) is 12.2. The Labute approximate surface area is 146 Å². The highest BCUT2D eigenvalue weighted by molar-refractivity contribution is 5.88. The molecule has 0 saturated heterocycles. The molecule has 2 heterocycles. The maximum Gasteiger partial charge on any atom is 0.138 e. The quantitative estimate of drug-likeness (QED) is 0.573. The summed E-state index contributed by atoms with van der Waals surface area (Å²) in [5.41, 5.74) is 6.44. The van der Waals surface area contributed by atoms with Crippen LogP contribution in [0.4, 0.5) is 0 Å². The van der Waals surface area contributed by atoms with Crippen molar-refractivity contribution in [3.8, 4) is 28.1 Å². The number of hydrogen-bond donors (Lipinski definition) is 1. The Morgan fingerprint density at radius 1 is 1.00 bits per heavy atom. The third kappa shape index (κ3) is 2.98. The van der Waals surface area contributed by atoms with Crippen molar-refractivity contribution in [2.24, 2.45) is 0 Å². The van der Waals surface area contributed by atoms with E-state index in [4.69, 9.17) is 9.72 Å². The van der Waals surface area contributed by atoms with Gasteiger partial charge in [-0.2, -0.15) is 5.10 Å². The van der Waals surface area contributed by atoms with Gasteiger partial charge in [-0.15, -0.1) is 0 Å². The zero-order valence-corrected chi connectivity index (χ0v) is 14.3. The number of nitrogens with one attached hydrogen (secondary N) is 1. The van der Waals surface area contributed by atoms with Gasteiger partial charge in [-0.05, 0) is 43.7 Å². The summed E-state index contributed by atoms with van der Waals surface area (Å²) in [6, 6.07) is 16.7. The van der Waals surface area contributed by atoms with Crippen LogP contribution in [-0.4, -0.2) is 21.8 Å². The van der Waals surface area contributed by atoms with E-state index in [0.717, 1.165) is 39.0 Å². The topological polar surface area (TPSA) is 50.8 Å². The van der Waals surface area contributed by atoms with Crippen LogP contribution in [0.5, 0.6) is 5.75 Å². The van der Waals surface area contributed by atoms with E-state index in [9.17, 15) is 0 Å². The van der Waals surface area contributed by atoms with E-state index < -0.39 is 0 Å². The fraction of sp³-hybridized carbons (Fsp3) is 0.143. The zero-order chi connectivity index (χ0) is 17.2. The van der Waals surface area contributed by atoms with Gasteiger partial charge in [-0.25, -0.2) is 0 Å². The number of nitrogens with zero attached hydrogens (tertiary/aromatic N) is 2. The number of benzene rings is 2. The van der Waals surface area contributed by atoms with E-state index in [1.54, 1.807) is 6.20 Å². The molecule has 25 heavy (non-hydrogen) atoms. The molecular formula is C21H19N3O. The van der Waals surface area contributed by atoms with E-state index in [0.29, 0.717) is 6.61 Å². The van der Waals surface area contributed by atoms with Crippen LogP contribution in [0, 0.1) is 6.92 Å². The monoisotopic (exact) mass is 329 g/mol.